The Bertz CT molecular complexity index is 605. The first-order valence-corrected chi connectivity index (χ1v) is 7.89. The fraction of sp³-hybridized carbons (Fsp3) is 0.444. The second kappa shape index (κ2) is 9.60. The second-order valence-corrected chi connectivity index (χ2v) is 6.06. The molecule has 0 aliphatic heterocycles. The molecule has 0 heterocycles. The molecule has 2 N–H and O–H groups in total. The minimum atomic E-state index is -0.433. The molecule has 1 rings (SSSR count). The summed E-state index contributed by atoms with van der Waals surface area (Å²) in [4.78, 5) is 23.6. The summed E-state index contributed by atoms with van der Waals surface area (Å²) in [5.74, 6) is 0.789. The molecule has 0 atom stereocenters. The monoisotopic (exact) mass is 334 g/mol. The van der Waals surface area contributed by atoms with Crippen molar-refractivity contribution >= 4 is 11.8 Å². The van der Waals surface area contributed by atoms with Gasteiger partial charge in [0.05, 0.1) is 13.7 Å². The van der Waals surface area contributed by atoms with E-state index < -0.39 is 5.91 Å². The molecule has 2 amide bonds. The Labute approximate surface area is 143 Å². The highest BCUT2D eigenvalue weighted by Gasteiger charge is 2.12. The van der Waals surface area contributed by atoms with Crippen LogP contribution in [0.3, 0.4) is 0 Å². The summed E-state index contributed by atoms with van der Waals surface area (Å²) in [6, 6.07) is 4.88. The number of amides is 2. The lowest BCUT2D eigenvalue weighted by atomic mass is 10.1. The van der Waals surface area contributed by atoms with Gasteiger partial charge in [0.1, 0.15) is 0 Å². The quantitative estimate of drug-likeness (QED) is 0.594. The standard InChI is InChI=1S/C18H26N2O4/c1-12(2)8-9-24-15-7-6-14(11-16(15)23-5)18(22)20-19-17(21)10-13(3)4/h6-7,10-12H,8-9H2,1-5H3,(H,19,21)(H,20,22). The Morgan fingerprint density at radius 1 is 1.17 bits per heavy atom. The van der Waals surface area contributed by atoms with E-state index >= 15 is 0 Å². The third kappa shape index (κ3) is 6.73. The number of carbonyl (C=O) groups is 2. The van der Waals surface area contributed by atoms with Gasteiger partial charge >= 0.3 is 0 Å². The molecule has 0 spiro atoms. The lowest BCUT2D eigenvalue weighted by Gasteiger charge is -2.13. The molecule has 24 heavy (non-hydrogen) atoms. The third-order valence-electron chi connectivity index (χ3n) is 3.10. The van der Waals surface area contributed by atoms with Crippen molar-refractivity contribution in [2.45, 2.75) is 34.1 Å². The van der Waals surface area contributed by atoms with E-state index in [0.717, 1.165) is 12.0 Å². The van der Waals surface area contributed by atoms with Crippen molar-refractivity contribution in [3.8, 4) is 11.5 Å². The van der Waals surface area contributed by atoms with E-state index in [1.807, 2.05) is 0 Å². The van der Waals surface area contributed by atoms with Crippen molar-refractivity contribution in [3.63, 3.8) is 0 Å². The fourth-order valence-corrected chi connectivity index (χ4v) is 1.82. The van der Waals surface area contributed by atoms with Crippen LogP contribution in [0.5, 0.6) is 11.5 Å². The molecule has 1 aromatic rings. The summed E-state index contributed by atoms with van der Waals surface area (Å²) in [5.41, 5.74) is 5.88. The molecule has 0 radical (unpaired) electrons. The molecule has 0 aliphatic rings. The van der Waals surface area contributed by atoms with Gasteiger partial charge in [-0.3, -0.25) is 20.4 Å². The second-order valence-electron chi connectivity index (χ2n) is 6.06. The van der Waals surface area contributed by atoms with Crippen molar-refractivity contribution in [1.29, 1.82) is 0 Å². The SMILES string of the molecule is COc1cc(C(=O)NNC(=O)C=C(C)C)ccc1OCCC(C)C. The summed E-state index contributed by atoms with van der Waals surface area (Å²) >= 11 is 0. The molecule has 1 aromatic carbocycles. The highest BCUT2D eigenvalue weighted by molar-refractivity contribution is 5.97. The van der Waals surface area contributed by atoms with Crippen LogP contribution >= 0.6 is 0 Å². The highest BCUT2D eigenvalue weighted by atomic mass is 16.5. The van der Waals surface area contributed by atoms with Crippen LogP contribution in [-0.4, -0.2) is 25.5 Å². The van der Waals surface area contributed by atoms with Crippen molar-refractivity contribution < 1.29 is 19.1 Å². The van der Waals surface area contributed by atoms with Crippen molar-refractivity contribution in [2.24, 2.45) is 5.92 Å². The van der Waals surface area contributed by atoms with Crippen LogP contribution < -0.4 is 20.3 Å². The van der Waals surface area contributed by atoms with E-state index in [-0.39, 0.29) is 5.91 Å². The average Bonchev–Trinajstić information content (AvgIpc) is 2.51. The zero-order valence-electron chi connectivity index (χ0n) is 14.9. The summed E-state index contributed by atoms with van der Waals surface area (Å²) in [5, 5.41) is 0. The first-order chi connectivity index (χ1) is 11.3. The number of benzene rings is 1. The summed E-state index contributed by atoms with van der Waals surface area (Å²) in [7, 11) is 1.52. The highest BCUT2D eigenvalue weighted by Crippen LogP contribution is 2.28. The Kier molecular flexibility index (Phi) is 7.82. The van der Waals surface area contributed by atoms with Gasteiger partial charge in [0, 0.05) is 11.6 Å². The molecule has 0 aromatic heterocycles. The van der Waals surface area contributed by atoms with Crippen LogP contribution in [0, 0.1) is 5.92 Å². The number of hydrogen-bond donors (Lipinski definition) is 2. The summed E-state index contributed by atoms with van der Waals surface area (Å²) in [6.07, 6.45) is 2.33. The molecule has 0 bridgehead atoms. The van der Waals surface area contributed by atoms with Crippen molar-refractivity contribution in [3.05, 3.63) is 35.4 Å². The molecule has 0 saturated heterocycles. The number of rotatable bonds is 7. The van der Waals surface area contributed by atoms with Crippen LogP contribution in [0.25, 0.3) is 0 Å². The van der Waals surface area contributed by atoms with E-state index in [9.17, 15) is 9.59 Å². The number of hydrazine groups is 1. The minimum absolute atomic E-state index is 0.362. The van der Waals surface area contributed by atoms with E-state index in [1.165, 1.54) is 13.2 Å². The Hall–Kier alpha value is -2.50. The summed E-state index contributed by atoms with van der Waals surface area (Å²) < 4.78 is 11.0. The lowest BCUT2D eigenvalue weighted by Crippen LogP contribution is -2.40. The van der Waals surface area contributed by atoms with Crippen LogP contribution in [0.2, 0.25) is 0 Å². The number of ether oxygens (including phenoxy) is 2. The topological polar surface area (TPSA) is 76.7 Å². The third-order valence-corrected chi connectivity index (χ3v) is 3.10. The van der Waals surface area contributed by atoms with Crippen LogP contribution in [-0.2, 0) is 4.79 Å². The van der Waals surface area contributed by atoms with Gasteiger partial charge in [-0.05, 0) is 44.4 Å². The smallest absolute Gasteiger partial charge is 0.269 e. The van der Waals surface area contributed by atoms with Gasteiger partial charge < -0.3 is 9.47 Å². The minimum Gasteiger partial charge on any atom is -0.493 e. The maximum absolute atomic E-state index is 12.1. The molecule has 6 nitrogen and oxygen atoms in total. The van der Waals surface area contributed by atoms with Crippen molar-refractivity contribution in [2.75, 3.05) is 13.7 Å². The first-order valence-electron chi connectivity index (χ1n) is 7.89. The fourth-order valence-electron chi connectivity index (χ4n) is 1.82. The average molecular weight is 334 g/mol. The van der Waals surface area contributed by atoms with Gasteiger partial charge in [0.2, 0.25) is 0 Å². The van der Waals surface area contributed by atoms with Gasteiger partial charge in [0.25, 0.3) is 11.8 Å². The molecule has 132 valence electrons. The molecule has 6 heteroatoms. The number of hydrogen-bond acceptors (Lipinski definition) is 4. The molecular weight excluding hydrogens is 308 g/mol. The van der Waals surface area contributed by atoms with E-state index in [4.69, 9.17) is 9.47 Å². The maximum atomic E-state index is 12.1. The van der Waals surface area contributed by atoms with E-state index in [1.54, 1.807) is 32.0 Å². The predicted molar refractivity (Wildman–Crippen MR) is 93.0 cm³/mol. The van der Waals surface area contributed by atoms with Crippen LogP contribution in [0.4, 0.5) is 0 Å². The lowest BCUT2D eigenvalue weighted by molar-refractivity contribution is -0.117. The normalized spacial score (nSPS) is 10.1. The Morgan fingerprint density at radius 2 is 1.88 bits per heavy atom. The van der Waals surface area contributed by atoms with Gasteiger partial charge in [-0.15, -0.1) is 0 Å². The molecule has 0 aliphatic carbocycles. The number of carbonyl (C=O) groups excluding carboxylic acids is 2. The summed E-state index contributed by atoms with van der Waals surface area (Å²) in [6.45, 7) is 8.42. The molecule has 0 saturated carbocycles. The molecular formula is C18H26N2O4. The zero-order chi connectivity index (χ0) is 18.1. The molecule has 0 unspecified atom stereocenters. The number of nitrogens with one attached hydrogen (secondary N) is 2. The maximum Gasteiger partial charge on any atom is 0.269 e. The predicted octanol–water partition coefficient (Wildman–Crippen LogP) is 2.85. The molecule has 0 fully saturated rings. The van der Waals surface area contributed by atoms with Crippen molar-refractivity contribution in [1.82, 2.24) is 10.9 Å². The van der Waals surface area contributed by atoms with Gasteiger partial charge in [0.15, 0.2) is 11.5 Å². The van der Waals surface area contributed by atoms with E-state index in [0.29, 0.717) is 29.6 Å². The van der Waals surface area contributed by atoms with Gasteiger partial charge in [-0.25, -0.2) is 0 Å². The van der Waals surface area contributed by atoms with Gasteiger partial charge in [-0.1, -0.05) is 19.4 Å². The Balaban J connectivity index is 2.70. The van der Waals surface area contributed by atoms with Crippen LogP contribution in [0.1, 0.15) is 44.5 Å². The zero-order valence-corrected chi connectivity index (χ0v) is 14.9. The Morgan fingerprint density at radius 3 is 2.46 bits per heavy atom. The number of allylic oxidation sites excluding steroid dienone is 1. The van der Waals surface area contributed by atoms with Gasteiger partial charge in [-0.2, -0.15) is 0 Å². The first kappa shape index (κ1) is 19.5. The van der Waals surface area contributed by atoms with E-state index in [2.05, 4.69) is 24.7 Å². The van der Waals surface area contributed by atoms with Crippen LogP contribution in [0.15, 0.2) is 29.8 Å². The number of methoxy groups -OCH3 is 1. The largest absolute Gasteiger partial charge is 0.493 e.